The topological polar surface area (TPSA) is 66.4 Å². The fourth-order valence-electron chi connectivity index (χ4n) is 1.63. The molecule has 1 heterocycles. The molecule has 0 aliphatic rings. The van der Waals surface area contributed by atoms with Crippen molar-refractivity contribution in [3.8, 4) is 0 Å². The highest BCUT2D eigenvalue weighted by Crippen LogP contribution is 2.11. The maximum absolute atomic E-state index is 11.7. The fourth-order valence-corrected chi connectivity index (χ4v) is 2.26. The quantitative estimate of drug-likeness (QED) is 0.800. The highest BCUT2D eigenvalue weighted by molar-refractivity contribution is 7.08. The molecular formula is C13H19NO3S. The zero-order chi connectivity index (χ0) is 13.5. The molecule has 0 spiro atoms. The number of aliphatic carboxylic acids is 1. The van der Waals surface area contributed by atoms with Crippen molar-refractivity contribution in [1.29, 1.82) is 0 Å². The Morgan fingerprint density at radius 2 is 2.11 bits per heavy atom. The van der Waals surface area contributed by atoms with Crippen LogP contribution in [-0.4, -0.2) is 23.0 Å². The molecule has 1 aromatic heterocycles. The third kappa shape index (κ3) is 4.87. The molecule has 18 heavy (non-hydrogen) atoms. The molecule has 4 nitrogen and oxygen atoms in total. The molecule has 0 aromatic carbocycles. The summed E-state index contributed by atoms with van der Waals surface area (Å²) in [4.78, 5) is 22.4. The van der Waals surface area contributed by atoms with Crippen molar-refractivity contribution >= 4 is 23.2 Å². The number of hydrogen-bond acceptors (Lipinski definition) is 3. The molecule has 1 aromatic rings. The number of carboxylic acids is 1. The van der Waals surface area contributed by atoms with Crippen LogP contribution in [0.25, 0.3) is 0 Å². The minimum Gasteiger partial charge on any atom is -0.481 e. The van der Waals surface area contributed by atoms with Crippen LogP contribution in [0.15, 0.2) is 16.8 Å². The lowest BCUT2D eigenvalue weighted by molar-refractivity contribution is -0.141. The first-order valence-electron chi connectivity index (χ1n) is 6.06. The summed E-state index contributed by atoms with van der Waals surface area (Å²) in [6.07, 6.45) is 2.25. The first kappa shape index (κ1) is 14.7. The van der Waals surface area contributed by atoms with Crippen molar-refractivity contribution in [3.63, 3.8) is 0 Å². The monoisotopic (exact) mass is 269 g/mol. The van der Waals surface area contributed by atoms with E-state index in [1.54, 1.807) is 13.0 Å². The number of rotatable bonds is 7. The lowest BCUT2D eigenvalue weighted by atomic mass is 10.0. The van der Waals surface area contributed by atoms with Gasteiger partial charge < -0.3 is 10.4 Å². The van der Waals surface area contributed by atoms with Gasteiger partial charge in [0, 0.05) is 17.0 Å². The van der Waals surface area contributed by atoms with E-state index >= 15 is 0 Å². The first-order valence-corrected chi connectivity index (χ1v) is 7.01. The van der Waals surface area contributed by atoms with E-state index in [0.29, 0.717) is 12.0 Å². The van der Waals surface area contributed by atoms with Gasteiger partial charge >= 0.3 is 5.97 Å². The number of thiophene rings is 1. The van der Waals surface area contributed by atoms with Crippen molar-refractivity contribution in [2.45, 2.75) is 39.2 Å². The summed E-state index contributed by atoms with van der Waals surface area (Å²) in [5.41, 5.74) is 0.686. The van der Waals surface area contributed by atoms with E-state index in [0.717, 1.165) is 12.8 Å². The van der Waals surface area contributed by atoms with E-state index in [4.69, 9.17) is 5.11 Å². The van der Waals surface area contributed by atoms with Crippen LogP contribution in [0.4, 0.5) is 0 Å². The lowest BCUT2D eigenvalue weighted by Crippen LogP contribution is -2.32. The number of hydrogen-bond donors (Lipinski definition) is 2. The third-order valence-corrected chi connectivity index (χ3v) is 3.54. The second-order valence-corrected chi connectivity index (χ2v) is 5.34. The van der Waals surface area contributed by atoms with Gasteiger partial charge in [-0.05, 0) is 31.2 Å². The third-order valence-electron chi connectivity index (χ3n) is 2.86. The van der Waals surface area contributed by atoms with Gasteiger partial charge in [0.05, 0.1) is 5.92 Å². The fraction of sp³-hybridized carbons (Fsp3) is 0.538. The molecule has 1 rings (SSSR count). The van der Waals surface area contributed by atoms with Crippen LogP contribution in [0, 0.1) is 5.92 Å². The summed E-state index contributed by atoms with van der Waals surface area (Å²) < 4.78 is 0. The van der Waals surface area contributed by atoms with Gasteiger partial charge in [-0.1, -0.05) is 13.3 Å². The Hall–Kier alpha value is -1.36. The Bertz CT molecular complexity index is 389. The van der Waals surface area contributed by atoms with Crippen molar-refractivity contribution < 1.29 is 14.7 Å². The smallest absolute Gasteiger partial charge is 0.306 e. The molecule has 2 atom stereocenters. The van der Waals surface area contributed by atoms with Gasteiger partial charge in [-0.3, -0.25) is 9.59 Å². The van der Waals surface area contributed by atoms with Gasteiger partial charge in [-0.25, -0.2) is 0 Å². The normalized spacial score (nSPS) is 13.9. The minimum atomic E-state index is -0.759. The molecule has 2 unspecified atom stereocenters. The summed E-state index contributed by atoms with van der Waals surface area (Å²) in [6.45, 7) is 3.65. The Morgan fingerprint density at radius 3 is 2.67 bits per heavy atom. The van der Waals surface area contributed by atoms with E-state index in [2.05, 4.69) is 5.32 Å². The number of amides is 1. The van der Waals surface area contributed by atoms with Crippen molar-refractivity contribution in [2.75, 3.05) is 0 Å². The SMILES string of the molecule is CC(CCCC(C)C(=O)O)NC(=O)c1ccsc1. The van der Waals surface area contributed by atoms with Gasteiger partial charge in [0.25, 0.3) is 5.91 Å². The molecule has 0 fully saturated rings. The Labute approximate surface area is 111 Å². The molecular weight excluding hydrogens is 250 g/mol. The first-order chi connectivity index (χ1) is 8.50. The van der Waals surface area contributed by atoms with Crippen LogP contribution in [0.3, 0.4) is 0 Å². The van der Waals surface area contributed by atoms with Gasteiger partial charge in [0.2, 0.25) is 0 Å². The zero-order valence-electron chi connectivity index (χ0n) is 10.7. The van der Waals surface area contributed by atoms with Crippen LogP contribution < -0.4 is 5.32 Å². The standard InChI is InChI=1S/C13H19NO3S/c1-9(13(16)17)4-3-5-10(2)14-12(15)11-6-7-18-8-11/h6-10H,3-5H2,1-2H3,(H,14,15)(H,16,17). The van der Waals surface area contributed by atoms with Gasteiger partial charge in [-0.2, -0.15) is 11.3 Å². The van der Waals surface area contributed by atoms with E-state index < -0.39 is 5.97 Å². The largest absolute Gasteiger partial charge is 0.481 e. The average Bonchev–Trinajstić information content (AvgIpc) is 2.81. The van der Waals surface area contributed by atoms with Crippen molar-refractivity contribution in [1.82, 2.24) is 5.32 Å². The summed E-state index contributed by atoms with van der Waals surface area (Å²) in [7, 11) is 0. The predicted molar refractivity (Wildman–Crippen MR) is 71.9 cm³/mol. The van der Waals surface area contributed by atoms with Gasteiger partial charge in [-0.15, -0.1) is 0 Å². The van der Waals surface area contributed by atoms with E-state index in [-0.39, 0.29) is 17.9 Å². The molecule has 0 saturated carbocycles. The number of carbonyl (C=O) groups is 2. The molecule has 0 radical (unpaired) electrons. The summed E-state index contributed by atoms with van der Waals surface area (Å²) in [5.74, 6) is -1.13. The summed E-state index contributed by atoms with van der Waals surface area (Å²) >= 11 is 1.49. The lowest BCUT2D eigenvalue weighted by Gasteiger charge is -2.14. The summed E-state index contributed by atoms with van der Waals surface area (Å²) in [5, 5.41) is 15.3. The molecule has 100 valence electrons. The van der Waals surface area contributed by atoms with Crippen molar-refractivity contribution in [3.05, 3.63) is 22.4 Å². The average molecular weight is 269 g/mol. The molecule has 0 saturated heterocycles. The molecule has 0 aliphatic carbocycles. The van der Waals surface area contributed by atoms with Gasteiger partial charge in [0.15, 0.2) is 0 Å². The zero-order valence-corrected chi connectivity index (χ0v) is 11.5. The Morgan fingerprint density at radius 1 is 1.39 bits per heavy atom. The van der Waals surface area contributed by atoms with E-state index in [9.17, 15) is 9.59 Å². The molecule has 2 N–H and O–H groups in total. The molecule has 0 bridgehead atoms. The molecule has 5 heteroatoms. The second-order valence-electron chi connectivity index (χ2n) is 4.56. The van der Waals surface area contributed by atoms with Crippen LogP contribution in [0.2, 0.25) is 0 Å². The van der Waals surface area contributed by atoms with Crippen LogP contribution in [-0.2, 0) is 4.79 Å². The highest BCUT2D eigenvalue weighted by Gasteiger charge is 2.13. The van der Waals surface area contributed by atoms with Crippen molar-refractivity contribution in [2.24, 2.45) is 5.92 Å². The number of carbonyl (C=O) groups excluding carboxylic acids is 1. The Balaban J connectivity index is 2.24. The maximum atomic E-state index is 11.7. The van der Waals surface area contributed by atoms with E-state index in [1.165, 1.54) is 11.3 Å². The summed E-state index contributed by atoms with van der Waals surface area (Å²) in [6, 6.07) is 1.86. The maximum Gasteiger partial charge on any atom is 0.306 e. The van der Waals surface area contributed by atoms with Crippen LogP contribution in [0.5, 0.6) is 0 Å². The molecule has 0 aliphatic heterocycles. The number of carboxylic acid groups (broad SMARTS) is 1. The minimum absolute atomic E-state index is 0.0602. The molecule has 1 amide bonds. The van der Waals surface area contributed by atoms with Crippen LogP contribution in [0.1, 0.15) is 43.5 Å². The number of nitrogens with one attached hydrogen (secondary N) is 1. The highest BCUT2D eigenvalue weighted by atomic mass is 32.1. The predicted octanol–water partition coefficient (Wildman–Crippen LogP) is 2.76. The second kappa shape index (κ2) is 7.16. The van der Waals surface area contributed by atoms with E-state index in [1.807, 2.05) is 17.7 Å². The van der Waals surface area contributed by atoms with Gasteiger partial charge in [0.1, 0.15) is 0 Å². The Kier molecular flexibility index (Phi) is 5.85. The van der Waals surface area contributed by atoms with Crippen LogP contribution >= 0.6 is 11.3 Å².